The van der Waals surface area contributed by atoms with Gasteiger partial charge in [-0.3, -0.25) is 4.79 Å². The molecule has 0 aliphatic carbocycles. The Balaban J connectivity index is 2.57. The van der Waals surface area contributed by atoms with Crippen molar-refractivity contribution in [3.05, 3.63) is 35.6 Å². The molecule has 0 saturated carbocycles. The van der Waals surface area contributed by atoms with Gasteiger partial charge in [0.1, 0.15) is 5.82 Å². The van der Waals surface area contributed by atoms with E-state index in [0.29, 0.717) is 19.4 Å². The SMILES string of the molecule is CCCNC(CC(=O)OCC)Cc1ccc(F)cc1. The summed E-state index contributed by atoms with van der Waals surface area (Å²) in [5, 5.41) is 3.33. The predicted molar refractivity (Wildman–Crippen MR) is 73.4 cm³/mol. The fourth-order valence-electron chi connectivity index (χ4n) is 1.89. The van der Waals surface area contributed by atoms with E-state index in [1.165, 1.54) is 12.1 Å². The Morgan fingerprint density at radius 1 is 1.32 bits per heavy atom. The molecule has 0 bridgehead atoms. The van der Waals surface area contributed by atoms with Gasteiger partial charge >= 0.3 is 5.97 Å². The summed E-state index contributed by atoms with van der Waals surface area (Å²) in [6.07, 6.45) is 2.03. The molecule has 0 aliphatic rings. The molecule has 0 radical (unpaired) electrons. The summed E-state index contributed by atoms with van der Waals surface area (Å²) < 4.78 is 17.8. The second-order valence-electron chi connectivity index (χ2n) is 4.49. The van der Waals surface area contributed by atoms with E-state index in [-0.39, 0.29) is 17.8 Å². The lowest BCUT2D eigenvalue weighted by Crippen LogP contribution is -2.34. The summed E-state index contributed by atoms with van der Waals surface area (Å²) in [7, 11) is 0. The minimum Gasteiger partial charge on any atom is -0.466 e. The Kier molecular flexibility index (Phi) is 7.11. The molecule has 0 aromatic heterocycles. The highest BCUT2D eigenvalue weighted by atomic mass is 19.1. The van der Waals surface area contributed by atoms with Gasteiger partial charge in [0.05, 0.1) is 13.0 Å². The molecule has 0 saturated heterocycles. The normalized spacial score (nSPS) is 12.2. The first-order valence-electron chi connectivity index (χ1n) is 6.79. The molecule has 1 aromatic carbocycles. The van der Waals surface area contributed by atoms with Crippen molar-refractivity contribution in [2.24, 2.45) is 0 Å². The van der Waals surface area contributed by atoms with Gasteiger partial charge in [-0.15, -0.1) is 0 Å². The van der Waals surface area contributed by atoms with Crippen LogP contribution in [-0.4, -0.2) is 25.2 Å². The predicted octanol–water partition coefficient (Wildman–Crippen LogP) is 2.69. The molecule has 1 aromatic rings. The molecular formula is C15H22FNO2. The molecule has 1 rings (SSSR count). The minimum atomic E-state index is -0.243. The molecule has 4 heteroatoms. The van der Waals surface area contributed by atoms with Crippen molar-refractivity contribution in [1.82, 2.24) is 5.32 Å². The second-order valence-corrected chi connectivity index (χ2v) is 4.49. The number of ether oxygens (including phenoxy) is 1. The highest BCUT2D eigenvalue weighted by Gasteiger charge is 2.14. The molecule has 0 aliphatic heterocycles. The summed E-state index contributed by atoms with van der Waals surface area (Å²) in [6, 6.07) is 6.42. The van der Waals surface area contributed by atoms with E-state index in [4.69, 9.17) is 4.74 Å². The highest BCUT2D eigenvalue weighted by molar-refractivity contribution is 5.70. The van der Waals surface area contributed by atoms with Crippen LogP contribution in [0.1, 0.15) is 32.3 Å². The first kappa shape index (κ1) is 15.6. The smallest absolute Gasteiger partial charge is 0.307 e. The number of rotatable bonds is 8. The number of nitrogens with one attached hydrogen (secondary N) is 1. The van der Waals surface area contributed by atoms with E-state index in [0.717, 1.165) is 18.5 Å². The van der Waals surface area contributed by atoms with E-state index >= 15 is 0 Å². The van der Waals surface area contributed by atoms with Crippen LogP contribution < -0.4 is 5.32 Å². The van der Waals surface area contributed by atoms with Crippen LogP contribution >= 0.6 is 0 Å². The molecule has 106 valence electrons. The van der Waals surface area contributed by atoms with Crippen LogP contribution in [0.4, 0.5) is 4.39 Å². The van der Waals surface area contributed by atoms with Crippen LogP contribution in [0, 0.1) is 5.82 Å². The van der Waals surface area contributed by atoms with Gasteiger partial charge in [-0.1, -0.05) is 19.1 Å². The van der Waals surface area contributed by atoms with E-state index < -0.39 is 0 Å². The zero-order valence-corrected chi connectivity index (χ0v) is 11.6. The first-order chi connectivity index (χ1) is 9.15. The number of halogens is 1. The van der Waals surface area contributed by atoms with E-state index in [9.17, 15) is 9.18 Å². The summed E-state index contributed by atoms with van der Waals surface area (Å²) >= 11 is 0. The van der Waals surface area contributed by atoms with E-state index in [2.05, 4.69) is 12.2 Å². The van der Waals surface area contributed by atoms with Crippen LogP contribution in [-0.2, 0) is 16.0 Å². The summed E-state index contributed by atoms with van der Waals surface area (Å²) in [5.74, 6) is -0.439. The third kappa shape index (κ3) is 6.34. The van der Waals surface area contributed by atoms with Crippen molar-refractivity contribution in [3.63, 3.8) is 0 Å². The van der Waals surface area contributed by atoms with Gasteiger partial charge in [-0.25, -0.2) is 4.39 Å². The summed E-state index contributed by atoms with van der Waals surface area (Å²) in [5.41, 5.74) is 1.01. The quantitative estimate of drug-likeness (QED) is 0.736. The van der Waals surface area contributed by atoms with Crippen molar-refractivity contribution in [3.8, 4) is 0 Å². The van der Waals surface area contributed by atoms with Crippen LogP contribution in [0.5, 0.6) is 0 Å². The van der Waals surface area contributed by atoms with E-state index in [1.807, 2.05) is 0 Å². The summed E-state index contributed by atoms with van der Waals surface area (Å²) in [6.45, 7) is 5.12. The maximum atomic E-state index is 12.8. The van der Waals surface area contributed by atoms with Gasteiger partial charge in [0, 0.05) is 6.04 Å². The lowest BCUT2D eigenvalue weighted by molar-refractivity contribution is -0.143. The number of carbonyl (C=O) groups is 1. The Hall–Kier alpha value is -1.42. The average Bonchev–Trinajstić information content (AvgIpc) is 2.39. The first-order valence-corrected chi connectivity index (χ1v) is 6.79. The Bertz CT molecular complexity index is 378. The Morgan fingerprint density at radius 2 is 2.00 bits per heavy atom. The number of hydrogen-bond donors (Lipinski definition) is 1. The number of carbonyl (C=O) groups excluding carboxylic acids is 1. The van der Waals surface area contributed by atoms with Crippen molar-refractivity contribution >= 4 is 5.97 Å². The standard InChI is InChI=1S/C15H22FNO2/c1-3-9-17-14(11-15(18)19-4-2)10-12-5-7-13(16)8-6-12/h5-8,14,17H,3-4,9-11H2,1-2H3. The van der Waals surface area contributed by atoms with Gasteiger partial charge in [0.15, 0.2) is 0 Å². The van der Waals surface area contributed by atoms with Crippen LogP contribution in [0.25, 0.3) is 0 Å². The molecule has 0 heterocycles. The van der Waals surface area contributed by atoms with Crippen molar-refractivity contribution in [2.45, 2.75) is 39.2 Å². The number of esters is 1. The summed E-state index contributed by atoms with van der Waals surface area (Å²) in [4.78, 5) is 11.5. The average molecular weight is 267 g/mol. The monoisotopic (exact) mass is 267 g/mol. The molecule has 0 amide bonds. The van der Waals surface area contributed by atoms with Crippen molar-refractivity contribution in [2.75, 3.05) is 13.2 Å². The zero-order chi connectivity index (χ0) is 14.1. The molecule has 19 heavy (non-hydrogen) atoms. The van der Waals surface area contributed by atoms with Gasteiger partial charge < -0.3 is 10.1 Å². The third-order valence-corrected chi connectivity index (χ3v) is 2.80. The molecule has 1 atom stereocenters. The molecular weight excluding hydrogens is 245 g/mol. The van der Waals surface area contributed by atoms with Crippen molar-refractivity contribution in [1.29, 1.82) is 0 Å². The van der Waals surface area contributed by atoms with Gasteiger partial charge in [-0.2, -0.15) is 0 Å². The molecule has 1 unspecified atom stereocenters. The number of hydrogen-bond acceptors (Lipinski definition) is 3. The van der Waals surface area contributed by atoms with Gasteiger partial charge in [-0.05, 0) is 44.0 Å². The second kappa shape index (κ2) is 8.64. The van der Waals surface area contributed by atoms with E-state index in [1.54, 1.807) is 19.1 Å². The van der Waals surface area contributed by atoms with Crippen LogP contribution in [0.2, 0.25) is 0 Å². The molecule has 1 N–H and O–H groups in total. The molecule has 3 nitrogen and oxygen atoms in total. The largest absolute Gasteiger partial charge is 0.466 e. The fraction of sp³-hybridized carbons (Fsp3) is 0.533. The van der Waals surface area contributed by atoms with Gasteiger partial charge in [0.25, 0.3) is 0 Å². The molecule has 0 fully saturated rings. The van der Waals surface area contributed by atoms with Crippen LogP contribution in [0.15, 0.2) is 24.3 Å². The number of benzene rings is 1. The van der Waals surface area contributed by atoms with Crippen LogP contribution in [0.3, 0.4) is 0 Å². The fourth-order valence-corrected chi connectivity index (χ4v) is 1.89. The zero-order valence-electron chi connectivity index (χ0n) is 11.6. The maximum absolute atomic E-state index is 12.8. The Labute approximate surface area is 114 Å². The maximum Gasteiger partial charge on any atom is 0.307 e. The van der Waals surface area contributed by atoms with Gasteiger partial charge in [0.2, 0.25) is 0 Å². The third-order valence-electron chi connectivity index (χ3n) is 2.80. The Morgan fingerprint density at radius 3 is 2.58 bits per heavy atom. The topological polar surface area (TPSA) is 38.3 Å². The minimum absolute atomic E-state index is 0.0319. The van der Waals surface area contributed by atoms with Crippen molar-refractivity contribution < 1.29 is 13.9 Å². The lowest BCUT2D eigenvalue weighted by Gasteiger charge is -2.17. The highest BCUT2D eigenvalue weighted by Crippen LogP contribution is 2.08. The lowest BCUT2D eigenvalue weighted by atomic mass is 10.0. The molecule has 0 spiro atoms.